The summed E-state index contributed by atoms with van der Waals surface area (Å²) < 4.78 is 10.1. The first kappa shape index (κ1) is 14.1. The van der Waals surface area contributed by atoms with Gasteiger partial charge in [0.25, 0.3) is 5.91 Å². The molecular weight excluding hydrogens is 254 g/mol. The summed E-state index contributed by atoms with van der Waals surface area (Å²) in [7, 11) is 3.24. The van der Waals surface area contributed by atoms with Crippen LogP contribution in [0.2, 0.25) is 0 Å². The summed E-state index contributed by atoms with van der Waals surface area (Å²) in [5, 5.41) is 2.84. The average Bonchev–Trinajstić information content (AvgIpc) is 2.48. The lowest BCUT2D eigenvalue weighted by molar-refractivity contribution is 0.102. The van der Waals surface area contributed by atoms with Crippen LogP contribution in [0.4, 0.5) is 5.69 Å². The van der Waals surface area contributed by atoms with Crippen molar-refractivity contribution in [1.82, 2.24) is 0 Å². The predicted octanol–water partition coefficient (Wildman–Crippen LogP) is 3.09. The van der Waals surface area contributed by atoms with E-state index in [-0.39, 0.29) is 5.91 Å². The Morgan fingerprint density at radius 3 is 2.50 bits per heavy atom. The number of carbonyl (C=O) groups is 1. The zero-order valence-electron chi connectivity index (χ0n) is 11.6. The van der Waals surface area contributed by atoms with Crippen LogP contribution in [0.5, 0.6) is 5.75 Å². The van der Waals surface area contributed by atoms with E-state index in [1.54, 1.807) is 44.6 Å². The first-order valence-corrected chi connectivity index (χ1v) is 6.26. The smallest absolute Gasteiger partial charge is 0.255 e. The Hall–Kier alpha value is -2.33. The number of rotatable bonds is 5. The monoisotopic (exact) mass is 271 g/mol. The molecule has 0 aliphatic rings. The lowest BCUT2D eigenvalue weighted by Gasteiger charge is -2.07. The zero-order valence-corrected chi connectivity index (χ0v) is 11.6. The third-order valence-corrected chi connectivity index (χ3v) is 2.85. The molecule has 1 amide bonds. The van der Waals surface area contributed by atoms with Crippen LogP contribution in [0.25, 0.3) is 0 Å². The van der Waals surface area contributed by atoms with Crippen molar-refractivity contribution < 1.29 is 14.3 Å². The maximum Gasteiger partial charge on any atom is 0.255 e. The van der Waals surface area contributed by atoms with Crippen molar-refractivity contribution in [3.8, 4) is 5.75 Å². The molecule has 4 heteroatoms. The van der Waals surface area contributed by atoms with Gasteiger partial charge in [0.05, 0.1) is 13.7 Å². The summed E-state index contributed by atoms with van der Waals surface area (Å²) in [6, 6.07) is 14.6. The molecule has 1 N–H and O–H groups in total. The number of carbonyl (C=O) groups excluding carboxylic acids is 1. The van der Waals surface area contributed by atoms with Gasteiger partial charge in [-0.05, 0) is 42.0 Å². The Morgan fingerprint density at radius 2 is 1.85 bits per heavy atom. The molecule has 0 radical (unpaired) electrons. The maximum atomic E-state index is 12.1. The molecule has 0 heterocycles. The molecule has 0 aromatic heterocycles. The third-order valence-electron chi connectivity index (χ3n) is 2.85. The molecule has 2 aromatic carbocycles. The van der Waals surface area contributed by atoms with Crippen molar-refractivity contribution in [2.75, 3.05) is 19.5 Å². The molecule has 0 saturated heterocycles. The Bertz CT molecular complexity index is 579. The van der Waals surface area contributed by atoms with E-state index in [1.807, 2.05) is 18.2 Å². The highest BCUT2D eigenvalue weighted by Crippen LogP contribution is 2.16. The second-order valence-corrected chi connectivity index (χ2v) is 4.32. The second-order valence-electron chi connectivity index (χ2n) is 4.32. The quantitative estimate of drug-likeness (QED) is 0.909. The lowest BCUT2D eigenvalue weighted by atomic mass is 10.1. The molecule has 0 fully saturated rings. The SMILES string of the molecule is COCc1cccc(C(=O)Nc2ccc(OC)cc2)c1. The Labute approximate surface area is 118 Å². The fourth-order valence-corrected chi connectivity index (χ4v) is 1.85. The molecule has 2 aromatic rings. The van der Waals surface area contributed by atoms with E-state index < -0.39 is 0 Å². The second kappa shape index (κ2) is 6.73. The van der Waals surface area contributed by atoms with Crippen LogP contribution >= 0.6 is 0 Å². The topological polar surface area (TPSA) is 47.6 Å². The van der Waals surface area contributed by atoms with Gasteiger partial charge >= 0.3 is 0 Å². The third kappa shape index (κ3) is 3.59. The molecule has 0 aliphatic carbocycles. The number of benzene rings is 2. The van der Waals surface area contributed by atoms with Gasteiger partial charge in [-0.2, -0.15) is 0 Å². The summed E-state index contributed by atoms with van der Waals surface area (Å²) >= 11 is 0. The predicted molar refractivity (Wildman–Crippen MR) is 78.1 cm³/mol. The number of ether oxygens (including phenoxy) is 2. The van der Waals surface area contributed by atoms with E-state index in [0.29, 0.717) is 12.2 Å². The molecule has 0 spiro atoms. The molecule has 0 unspecified atom stereocenters. The van der Waals surface area contributed by atoms with Gasteiger partial charge in [-0.15, -0.1) is 0 Å². The van der Waals surface area contributed by atoms with Crippen LogP contribution in [0.1, 0.15) is 15.9 Å². The molecule has 104 valence electrons. The number of nitrogens with one attached hydrogen (secondary N) is 1. The van der Waals surface area contributed by atoms with Crippen molar-refractivity contribution in [1.29, 1.82) is 0 Å². The van der Waals surface area contributed by atoms with Crippen LogP contribution in [0.3, 0.4) is 0 Å². The Kier molecular flexibility index (Phi) is 4.74. The molecular formula is C16H17NO3. The molecule has 0 saturated carbocycles. The van der Waals surface area contributed by atoms with Crippen molar-refractivity contribution in [3.63, 3.8) is 0 Å². The number of anilines is 1. The summed E-state index contributed by atoms with van der Waals surface area (Å²) in [5.41, 5.74) is 2.30. The molecule has 20 heavy (non-hydrogen) atoms. The van der Waals surface area contributed by atoms with Gasteiger partial charge in [0.15, 0.2) is 0 Å². The zero-order chi connectivity index (χ0) is 14.4. The van der Waals surface area contributed by atoms with Gasteiger partial charge in [0, 0.05) is 18.4 Å². The van der Waals surface area contributed by atoms with Crippen LogP contribution in [-0.4, -0.2) is 20.1 Å². The number of hydrogen-bond acceptors (Lipinski definition) is 3. The van der Waals surface area contributed by atoms with E-state index in [9.17, 15) is 4.79 Å². The standard InChI is InChI=1S/C16H17NO3/c1-19-11-12-4-3-5-13(10-12)16(18)17-14-6-8-15(20-2)9-7-14/h3-10H,11H2,1-2H3,(H,17,18). The summed E-state index contributed by atoms with van der Waals surface area (Å²) in [6.45, 7) is 0.490. The van der Waals surface area contributed by atoms with E-state index in [1.165, 1.54) is 0 Å². The molecule has 2 rings (SSSR count). The van der Waals surface area contributed by atoms with Gasteiger partial charge in [0.2, 0.25) is 0 Å². The van der Waals surface area contributed by atoms with Gasteiger partial charge in [-0.1, -0.05) is 12.1 Å². The minimum absolute atomic E-state index is 0.145. The fraction of sp³-hybridized carbons (Fsp3) is 0.188. The van der Waals surface area contributed by atoms with Gasteiger partial charge < -0.3 is 14.8 Å². The maximum absolute atomic E-state index is 12.1. The number of hydrogen-bond donors (Lipinski definition) is 1. The normalized spacial score (nSPS) is 10.1. The molecule has 4 nitrogen and oxygen atoms in total. The van der Waals surface area contributed by atoms with Crippen LogP contribution in [0, 0.1) is 0 Å². The van der Waals surface area contributed by atoms with Crippen molar-refractivity contribution in [3.05, 3.63) is 59.7 Å². The first-order valence-electron chi connectivity index (χ1n) is 6.26. The van der Waals surface area contributed by atoms with E-state index in [0.717, 1.165) is 17.0 Å². The number of amides is 1. The minimum atomic E-state index is -0.145. The summed E-state index contributed by atoms with van der Waals surface area (Å²) in [5.74, 6) is 0.609. The summed E-state index contributed by atoms with van der Waals surface area (Å²) in [6.07, 6.45) is 0. The van der Waals surface area contributed by atoms with Crippen LogP contribution in [0.15, 0.2) is 48.5 Å². The van der Waals surface area contributed by atoms with E-state index in [2.05, 4.69) is 5.32 Å². The van der Waals surface area contributed by atoms with Crippen molar-refractivity contribution in [2.24, 2.45) is 0 Å². The van der Waals surface area contributed by atoms with E-state index in [4.69, 9.17) is 9.47 Å². The van der Waals surface area contributed by atoms with Gasteiger partial charge in [-0.3, -0.25) is 4.79 Å². The van der Waals surface area contributed by atoms with Gasteiger partial charge in [0.1, 0.15) is 5.75 Å². The highest BCUT2D eigenvalue weighted by atomic mass is 16.5. The Morgan fingerprint density at radius 1 is 1.10 bits per heavy atom. The lowest BCUT2D eigenvalue weighted by Crippen LogP contribution is -2.12. The summed E-state index contributed by atoms with van der Waals surface area (Å²) in [4.78, 5) is 12.1. The highest BCUT2D eigenvalue weighted by Gasteiger charge is 2.06. The van der Waals surface area contributed by atoms with Crippen LogP contribution < -0.4 is 10.1 Å². The Balaban J connectivity index is 2.08. The molecule has 0 aliphatic heterocycles. The highest BCUT2D eigenvalue weighted by molar-refractivity contribution is 6.04. The average molecular weight is 271 g/mol. The van der Waals surface area contributed by atoms with Crippen LogP contribution in [-0.2, 0) is 11.3 Å². The molecule has 0 atom stereocenters. The van der Waals surface area contributed by atoms with Gasteiger partial charge in [-0.25, -0.2) is 0 Å². The largest absolute Gasteiger partial charge is 0.497 e. The fourth-order valence-electron chi connectivity index (χ4n) is 1.85. The van der Waals surface area contributed by atoms with E-state index >= 15 is 0 Å². The molecule has 0 bridgehead atoms. The minimum Gasteiger partial charge on any atom is -0.497 e. The van der Waals surface area contributed by atoms with Crippen molar-refractivity contribution in [2.45, 2.75) is 6.61 Å². The first-order chi connectivity index (χ1) is 9.72. The van der Waals surface area contributed by atoms with Crippen molar-refractivity contribution >= 4 is 11.6 Å². The number of methoxy groups -OCH3 is 2.